The Balaban J connectivity index is 1.65. The maximum Gasteiger partial charge on any atom is 0.129 e. The second-order valence-electron chi connectivity index (χ2n) is 11.4. The number of hydrogen-bond acceptors (Lipinski definition) is 5. The van der Waals surface area contributed by atoms with E-state index in [9.17, 15) is 10.2 Å². The molecule has 0 amide bonds. The highest BCUT2D eigenvalue weighted by Gasteiger charge is 2.65. The van der Waals surface area contributed by atoms with Gasteiger partial charge in [0.2, 0.25) is 0 Å². The zero-order chi connectivity index (χ0) is 22.3. The molecule has 0 radical (unpaired) electrons. The number of allylic oxidation sites excluding steroid dienone is 2. The molecule has 0 saturated heterocycles. The molecule has 176 valence electrons. The van der Waals surface area contributed by atoms with Crippen LogP contribution in [0.15, 0.2) is 16.8 Å². The number of nitrogens with zero attached hydrogens (tertiary/aromatic N) is 1. The van der Waals surface area contributed by atoms with Crippen molar-refractivity contribution in [3.05, 3.63) is 11.6 Å². The van der Waals surface area contributed by atoms with Crippen LogP contribution in [0, 0.1) is 34.5 Å². The van der Waals surface area contributed by atoms with E-state index in [-0.39, 0.29) is 16.9 Å². The van der Waals surface area contributed by atoms with Crippen molar-refractivity contribution in [2.45, 2.75) is 96.7 Å². The van der Waals surface area contributed by atoms with E-state index in [0.29, 0.717) is 36.8 Å². The fourth-order valence-electron chi connectivity index (χ4n) is 8.32. The first-order valence-electron chi connectivity index (χ1n) is 12.7. The monoisotopic (exact) mass is 432 g/mol. The van der Waals surface area contributed by atoms with Crippen molar-refractivity contribution >= 4 is 6.21 Å². The van der Waals surface area contributed by atoms with E-state index < -0.39 is 5.60 Å². The summed E-state index contributed by atoms with van der Waals surface area (Å²) >= 11 is 0. The number of aliphatic hydroxyl groups excluding tert-OH is 1. The molecular weight excluding hydrogens is 388 g/mol. The Kier molecular flexibility index (Phi) is 6.60. The average molecular weight is 433 g/mol. The Labute approximate surface area is 188 Å². The molecule has 4 saturated carbocycles. The minimum absolute atomic E-state index is 0.0957. The normalized spacial score (nSPS) is 47.7. The standard InChI is InChI=1S/C26H44N2O3/c1-4-18(17-28-31-13-12-27)14-20-16-21(29)15-19-6-7-23-22(25(19,20)3)8-11-24(2)9-5-10-26(23,24)30/h14,17,19-23,29-30H,4-13,15-16,27H2,1-3H3/b18-14+,28-17+/t19-,20?,21-,22+,23-,24+,25-,26+/m1/s1. The summed E-state index contributed by atoms with van der Waals surface area (Å²) in [5.41, 5.74) is 6.37. The predicted octanol–water partition coefficient (Wildman–Crippen LogP) is 4.42. The lowest BCUT2D eigenvalue weighted by molar-refractivity contribution is -0.211. The van der Waals surface area contributed by atoms with Crippen molar-refractivity contribution in [3.63, 3.8) is 0 Å². The van der Waals surface area contributed by atoms with Crippen LogP contribution in [0.25, 0.3) is 0 Å². The summed E-state index contributed by atoms with van der Waals surface area (Å²) in [6.45, 7) is 7.87. The Bertz CT molecular complexity index is 709. The van der Waals surface area contributed by atoms with Gasteiger partial charge in [0.15, 0.2) is 0 Å². The van der Waals surface area contributed by atoms with Gasteiger partial charge in [0.25, 0.3) is 0 Å². The van der Waals surface area contributed by atoms with Crippen LogP contribution >= 0.6 is 0 Å². The number of fused-ring (bicyclic) bond motifs is 5. The van der Waals surface area contributed by atoms with Crippen molar-refractivity contribution in [3.8, 4) is 0 Å². The van der Waals surface area contributed by atoms with Gasteiger partial charge in [0.1, 0.15) is 6.61 Å². The molecule has 0 aliphatic heterocycles. The highest BCUT2D eigenvalue weighted by molar-refractivity contribution is 5.77. The van der Waals surface area contributed by atoms with E-state index in [4.69, 9.17) is 10.6 Å². The van der Waals surface area contributed by atoms with E-state index in [2.05, 4.69) is 32.0 Å². The summed E-state index contributed by atoms with van der Waals surface area (Å²) in [6, 6.07) is 0. The third kappa shape index (κ3) is 3.79. The van der Waals surface area contributed by atoms with Crippen LogP contribution in [-0.2, 0) is 4.84 Å². The first kappa shape index (κ1) is 23.3. The molecule has 4 aliphatic rings. The smallest absolute Gasteiger partial charge is 0.129 e. The number of rotatable bonds is 6. The lowest BCUT2D eigenvalue weighted by atomic mass is 9.41. The molecule has 4 rings (SSSR count). The van der Waals surface area contributed by atoms with Gasteiger partial charge in [-0.3, -0.25) is 0 Å². The molecule has 4 aliphatic carbocycles. The summed E-state index contributed by atoms with van der Waals surface area (Å²) < 4.78 is 0. The maximum absolute atomic E-state index is 12.0. The van der Waals surface area contributed by atoms with Gasteiger partial charge >= 0.3 is 0 Å². The number of oxime groups is 1. The molecule has 1 unspecified atom stereocenters. The Morgan fingerprint density at radius 1 is 1.13 bits per heavy atom. The zero-order valence-electron chi connectivity index (χ0n) is 19.9. The Hall–Kier alpha value is -0.910. The molecule has 0 heterocycles. The zero-order valence-corrected chi connectivity index (χ0v) is 19.9. The molecule has 4 fully saturated rings. The molecule has 0 aromatic heterocycles. The van der Waals surface area contributed by atoms with Crippen LogP contribution in [0.4, 0.5) is 0 Å². The van der Waals surface area contributed by atoms with Crippen LogP contribution < -0.4 is 5.73 Å². The molecular formula is C26H44N2O3. The molecule has 5 nitrogen and oxygen atoms in total. The number of aliphatic hydroxyl groups is 2. The minimum atomic E-state index is -0.501. The topological polar surface area (TPSA) is 88.1 Å². The van der Waals surface area contributed by atoms with Gasteiger partial charge in [-0.2, -0.15) is 0 Å². The average Bonchev–Trinajstić information content (AvgIpc) is 3.06. The fraction of sp³-hybridized carbons (Fsp3) is 0.885. The number of hydrogen-bond donors (Lipinski definition) is 3. The number of nitrogens with two attached hydrogens (primary N) is 1. The lowest BCUT2D eigenvalue weighted by Crippen LogP contribution is -2.62. The SMILES string of the molecule is CCC(/C=N/OCCN)=C\C1C[C@H](O)C[C@H]2CC[C@@H]3[C@H](CC[C@]4(C)CCC[C@]34O)[C@@]12C. The maximum atomic E-state index is 12.0. The first-order chi connectivity index (χ1) is 14.8. The molecule has 0 spiro atoms. The van der Waals surface area contributed by atoms with Crippen molar-refractivity contribution in [1.29, 1.82) is 0 Å². The van der Waals surface area contributed by atoms with Gasteiger partial charge in [-0.15, -0.1) is 0 Å². The third-order valence-corrected chi connectivity index (χ3v) is 10.1. The van der Waals surface area contributed by atoms with Crippen LogP contribution in [-0.4, -0.2) is 41.3 Å². The summed E-state index contributed by atoms with van der Waals surface area (Å²) in [5, 5.41) is 26.9. The van der Waals surface area contributed by atoms with E-state index in [1.807, 2.05) is 6.21 Å². The lowest BCUT2D eigenvalue weighted by Gasteiger charge is -2.64. The van der Waals surface area contributed by atoms with Gasteiger partial charge in [0, 0.05) is 6.54 Å². The van der Waals surface area contributed by atoms with E-state index in [1.54, 1.807) is 0 Å². The summed E-state index contributed by atoms with van der Waals surface area (Å²) in [4.78, 5) is 5.24. The van der Waals surface area contributed by atoms with Crippen LogP contribution in [0.3, 0.4) is 0 Å². The van der Waals surface area contributed by atoms with Crippen molar-refractivity contribution in [2.24, 2.45) is 45.4 Å². The molecule has 8 atom stereocenters. The largest absolute Gasteiger partial charge is 0.394 e. The van der Waals surface area contributed by atoms with Crippen LogP contribution in [0.1, 0.15) is 85.0 Å². The summed E-state index contributed by atoms with van der Waals surface area (Å²) in [7, 11) is 0. The van der Waals surface area contributed by atoms with E-state index in [0.717, 1.165) is 51.4 Å². The van der Waals surface area contributed by atoms with Gasteiger partial charge < -0.3 is 20.8 Å². The third-order valence-electron chi connectivity index (χ3n) is 10.1. The highest BCUT2D eigenvalue weighted by atomic mass is 16.6. The van der Waals surface area contributed by atoms with Crippen LogP contribution in [0.2, 0.25) is 0 Å². The second-order valence-corrected chi connectivity index (χ2v) is 11.4. The summed E-state index contributed by atoms with van der Waals surface area (Å²) in [6.07, 6.45) is 14.5. The Morgan fingerprint density at radius 2 is 1.94 bits per heavy atom. The molecule has 31 heavy (non-hydrogen) atoms. The van der Waals surface area contributed by atoms with Crippen molar-refractivity contribution in [2.75, 3.05) is 13.2 Å². The quantitative estimate of drug-likeness (QED) is 0.329. The van der Waals surface area contributed by atoms with Gasteiger partial charge in [-0.1, -0.05) is 32.0 Å². The van der Waals surface area contributed by atoms with Gasteiger partial charge in [-0.25, -0.2) is 0 Å². The molecule has 0 aromatic rings. The molecule has 5 heteroatoms. The minimum Gasteiger partial charge on any atom is -0.394 e. The second kappa shape index (κ2) is 8.79. The van der Waals surface area contributed by atoms with E-state index in [1.165, 1.54) is 18.4 Å². The van der Waals surface area contributed by atoms with Gasteiger partial charge in [-0.05, 0) is 104 Å². The molecule has 4 N–H and O–H groups in total. The summed E-state index contributed by atoms with van der Waals surface area (Å²) in [5.74, 6) is 1.75. The molecule has 0 bridgehead atoms. The first-order valence-corrected chi connectivity index (χ1v) is 12.7. The van der Waals surface area contributed by atoms with Crippen molar-refractivity contribution in [1.82, 2.24) is 0 Å². The predicted molar refractivity (Wildman–Crippen MR) is 125 cm³/mol. The highest BCUT2D eigenvalue weighted by Crippen LogP contribution is 2.68. The van der Waals surface area contributed by atoms with Crippen molar-refractivity contribution < 1.29 is 15.1 Å². The van der Waals surface area contributed by atoms with Gasteiger partial charge in [0.05, 0.1) is 17.9 Å². The van der Waals surface area contributed by atoms with Crippen LogP contribution in [0.5, 0.6) is 0 Å². The fourth-order valence-corrected chi connectivity index (χ4v) is 8.32. The molecule has 0 aromatic carbocycles. The Morgan fingerprint density at radius 3 is 2.68 bits per heavy atom. The van der Waals surface area contributed by atoms with E-state index >= 15 is 0 Å².